The fraction of sp³-hybridized carbons (Fsp3) is 0.360. The number of amides is 2. The quantitative estimate of drug-likeness (QED) is 0.670. The fourth-order valence-corrected chi connectivity index (χ4v) is 5.04. The van der Waals surface area contributed by atoms with Gasteiger partial charge in [0.05, 0.1) is 6.61 Å². The van der Waals surface area contributed by atoms with Crippen LogP contribution in [-0.4, -0.2) is 55.3 Å². The second-order valence-electron chi connectivity index (χ2n) is 8.28. The first-order valence-corrected chi connectivity index (χ1v) is 12.4. The Morgan fingerprint density at radius 2 is 1.73 bits per heavy atom. The van der Waals surface area contributed by atoms with Gasteiger partial charge in [-0.2, -0.15) is 0 Å². The third-order valence-electron chi connectivity index (χ3n) is 5.99. The molecular formula is C25H28ClN3O3S. The van der Waals surface area contributed by atoms with E-state index in [-0.39, 0.29) is 11.8 Å². The lowest BCUT2D eigenvalue weighted by atomic mass is 10.1. The van der Waals surface area contributed by atoms with Crippen LogP contribution in [-0.2, 0) is 9.53 Å². The van der Waals surface area contributed by atoms with Crippen molar-refractivity contribution in [2.75, 3.05) is 48.8 Å². The molecular weight excluding hydrogens is 458 g/mol. The molecule has 2 aromatic rings. The molecule has 4 rings (SSSR count). The maximum atomic E-state index is 13.2. The van der Waals surface area contributed by atoms with E-state index in [9.17, 15) is 9.59 Å². The zero-order valence-electron chi connectivity index (χ0n) is 19.1. The molecule has 0 atom stereocenters. The first-order valence-electron chi connectivity index (χ1n) is 11.0. The van der Waals surface area contributed by atoms with Gasteiger partial charge in [0.1, 0.15) is 10.7 Å². The highest BCUT2D eigenvalue weighted by Gasteiger charge is 2.24. The van der Waals surface area contributed by atoms with Crippen LogP contribution in [0.4, 0.5) is 11.4 Å². The third kappa shape index (κ3) is 5.31. The highest BCUT2D eigenvalue weighted by atomic mass is 35.5. The van der Waals surface area contributed by atoms with Crippen LogP contribution in [0, 0.1) is 13.8 Å². The van der Waals surface area contributed by atoms with Crippen LogP contribution in [0.3, 0.4) is 0 Å². The number of nitrogens with one attached hydrogen (secondary N) is 1. The molecule has 0 aliphatic carbocycles. The lowest BCUT2D eigenvalue weighted by Crippen LogP contribution is -2.49. The van der Waals surface area contributed by atoms with Crippen LogP contribution in [0.5, 0.6) is 0 Å². The number of halogens is 1. The van der Waals surface area contributed by atoms with Crippen LogP contribution in [0.1, 0.15) is 28.4 Å². The number of hydrogen-bond acceptors (Lipinski definition) is 5. The van der Waals surface area contributed by atoms with E-state index in [1.54, 1.807) is 13.0 Å². The standard InChI is InChI=1S/C25H28ClN3O3S/c1-16-4-6-19(14-21(16)27-24(30)23-18(3)32-12-13-33-23)25(31)29-10-8-28(9-11-29)22-15-20(26)7-5-17(22)2/h4-7,14-15H,8-13H2,1-3H3,(H,27,30). The summed E-state index contributed by atoms with van der Waals surface area (Å²) >= 11 is 7.68. The minimum absolute atomic E-state index is 0.0289. The molecule has 1 saturated heterocycles. The molecule has 0 unspecified atom stereocenters. The number of nitrogens with zero attached hydrogens (tertiary/aromatic N) is 2. The Balaban J connectivity index is 1.44. The molecule has 0 aromatic heterocycles. The minimum Gasteiger partial charge on any atom is -0.496 e. The van der Waals surface area contributed by atoms with E-state index in [1.165, 1.54) is 17.3 Å². The van der Waals surface area contributed by atoms with Crippen molar-refractivity contribution in [3.05, 3.63) is 68.8 Å². The SMILES string of the molecule is CC1=C(C(=O)Nc2cc(C(=O)N3CCN(c4cc(Cl)ccc4C)CC3)ccc2C)SCCO1. The molecule has 174 valence electrons. The molecule has 0 saturated carbocycles. The predicted octanol–water partition coefficient (Wildman–Crippen LogP) is 4.85. The van der Waals surface area contributed by atoms with Crippen molar-refractivity contribution in [3.8, 4) is 0 Å². The number of allylic oxidation sites excluding steroid dienone is 1. The van der Waals surface area contributed by atoms with Gasteiger partial charge in [0, 0.05) is 53.9 Å². The Labute approximate surface area is 203 Å². The summed E-state index contributed by atoms with van der Waals surface area (Å²) in [6.45, 7) is 9.14. The summed E-state index contributed by atoms with van der Waals surface area (Å²) in [7, 11) is 0. The highest BCUT2D eigenvalue weighted by Crippen LogP contribution is 2.28. The van der Waals surface area contributed by atoms with Gasteiger partial charge in [0.25, 0.3) is 11.8 Å². The molecule has 8 heteroatoms. The molecule has 33 heavy (non-hydrogen) atoms. The van der Waals surface area contributed by atoms with Crippen LogP contribution in [0.25, 0.3) is 0 Å². The minimum atomic E-state index is -0.199. The zero-order valence-corrected chi connectivity index (χ0v) is 20.7. The van der Waals surface area contributed by atoms with E-state index in [0.717, 1.165) is 30.1 Å². The first-order chi connectivity index (χ1) is 15.8. The van der Waals surface area contributed by atoms with Gasteiger partial charge < -0.3 is 19.9 Å². The van der Waals surface area contributed by atoms with Crippen LogP contribution in [0.2, 0.25) is 5.02 Å². The largest absolute Gasteiger partial charge is 0.496 e. The van der Waals surface area contributed by atoms with Crippen molar-refractivity contribution in [1.82, 2.24) is 4.90 Å². The summed E-state index contributed by atoms with van der Waals surface area (Å²) in [6, 6.07) is 11.4. The molecule has 6 nitrogen and oxygen atoms in total. The van der Waals surface area contributed by atoms with Crippen molar-refractivity contribution in [3.63, 3.8) is 0 Å². The summed E-state index contributed by atoms with van der Waals surface area (Å²) in [4.78, 5) is 30.7. The normalized spacial score (nSPS) is 16.5. The van der Waals surface area contributed by atoms with Crippen molar-refractivity contribution < 1.29 is 14.3 Å². The van der Waals surface area contributed by atoms with Gasteiger partial charge in [0.2, 0.25) is 0 Å². The average molecular weight is 486 g/mol. The molecule has 1 fully saturated rings. The van der Waals surface area contributed by atoms with E-state index < -0.39 is 0 Å². The Bertz CT molecular complexity index is 1110. The van der Waals surface area contributed by atoms with Crippen LogP contribution < -0.4 is 10.2 Å². The van der Waals surface area contributed by atoms with Gasteiger partial charge in [-0.15, -0.1) is 11.8 Å². The molecule has 2 amide bonds. The molecule has 0 bridgehead atoms. The number of rotatable bonds is 4. The number of anilines is 2. The third-order valence-corrected chi connectivity index (χ3v) is 7.35. The van der Waals surface area contributed by atoms with E-state index in [0.29, 0.717) is 46.6 Å². The predicted molar refractivity (Wildman–Crippen MR) is 135 cm³/mol. The summed E-state index contributed by atoms with van der Waals surface area (Å²) < 4.78 is 5.50. The lowest BCUT2D eigenvalue weighted by Gasteiger charge is -2.37. The molecule has 0 radical (unpaired) electrons. The Morgan fingerprint density at radius 1 is 1.00 bits per heavy atom. The lowest BCUT2D eigenvalue weighted by molar-refractivity contribution is -0.112. The second kappa shape index (κ2) is 10.1. The smallest absolute Gasteiger partial charge is 0.265 e. The van der Waals surface area contributed by atoms with Gasteiger partial charge in [-0.1, -0.05) is 23.7 Å². The summed E-state index contributed by atoms with van der Waals surface area (Å²) in [5.74, 6) is 1.16. The molecule has 2 aliphatic heterocycles. The Morgan fingerprint density at radius 3 is 2.45 bits per heavy atom. The summed E-state index contributed by atoms with van der Waals surface area (Å²) in [5, 5.41) is 3.67. The van der Waals surface area contributed by atoms with Gasteiger partial charge in [-0.25, -0.2) is 0 Å². The molecule has 1 N–H and O–H groups in total. The first kappa shape index (κ1) is 23.5. The van der Waals surface area contributed by atoms with E-state index in [2.05, 4.69) is 17.1 Å². The Kier molecular flexibility index (Phi) is 7.20. The summed E-state index contributed by atoms with van der Waals surface area (Å²) in [5.41, 5.74) is 4.40. The van der Waals surface area contributed by atoms with Gasteiger partial charge in [-0.05, 0) is 56.2 Å². The second-order valence-corrected chi connectivity index (χ2v) is 9.82. The number of thioether (sulfide) groups is 1. The fourth-order valence-electron chi connectivity index (χ4n) is 4.06. The zero-order chi connectivity index (χ0) is 23.5. The number of carbonyl (C=O) groups excluding carboxylic acids is 2. The maximum absolute atomic E-state index is 13.2. The maximum Gasteiger partial charge on any atom is 0.265 e. The molecule has 2 heterocycles. The number of aryl methyl sites for hydroxylation is 2. The van der Waals surface area contributed by atoms with Crippen molar-refractivity contribution >= 4 is 46.6 Å². The topological polar surface area (TPSA) is 61.9 Å². The number of benzene rings is 2. The monoisotopic (exact) mass is 485 g/mol. The van der Waals surface area contributed by atoms with Crippen LogP contribution in [0.15, 0.2) is 47.1 Å². The number of piperazine rings is 1. The van der Waals surface area contributed by atoms with E-state index >= 15 is 0 Å². The average Bonchev–Trinajstić information content (AvgIpc) is 2.82. The van der Waals surface area contributed by atoms with Crippen molar-refractivity contribution in [2.45, 2.75) is 20.8 Å². The number of hydrogen-bond donors (Lipinski definition) is 1. The van der Waals surface area contributed by atoms with Gasteiger partial charge in [-0.3, -0.25) is 9.59 Å². The van der Waals surface area contributed by atoms with Gasteiger partial charge in [0.15, 0.2) is 0 Å². The van der Waals surface area contributed by atoms with Crippen molar-refractivity contribution in [1.29, 1.82) is 0 Å². The van der Waals surface area contributed by atoms with E-state index in [4.69, 9.17) is 16.3 Å². The van der Waals surface area contributed by atoms with Crippen LogP contribution >= 0.6 is 23.4 Å². The molecule has 0 spiro atoms. The van der Waals surface area contributed by atoms with Gasteiger partial charge >= 0.3 is 0 Å². The van der Waals surface area contributed by atoms with E-state index in [1.807, 2.05) is 42.2 Å². The Hall–Kier alpha value is -2.64. The number of carbonyl (C=O) groups is 2. The summed E-state index contributed by atoms with van der Waals surface area (Å²) in [6.07, 6.45) is 0. The molecule has 2 aliphatic rings. The number of ether oxygens (including phenoxy) is 1. The molecule has 2 aromatic carbocycles. The van der Waals surface area contributed by atoms with Crippen molar-refractivity contribution in [2.24, 2.45) is 0 Å². The highest BCUT2D eigenvalue weighted by molar-refractivity contribution is 8.04.